The summed E-state index contributed by atoms with van der Waals surface area (Å²) in [5.41, 5.74) is 0.207. The second-order valence-corrected chi connectivity index (χ2v) is 4.11. The summed E-state index contributed by atoms with van der Waals surface area (Å²) in [7, 11) is 1.62. The van der Waals surface area contributed by atoms with E-state index in [1.807, 2.05) is 0 Å². The molecule has 1 fully saturated rings. The molecule has 0 bridgehead atoms. The van der Waals surface area contributed by atoms with Crippen LogP contribution in [0.25, 0.3) is 0 Å². The molecule has 4 nitrogen and oxygen atoms in total. The van der Waals surface area contributed by atoms with Crippen molar-refractivity contribution >= 4 is 5.91 Å². The number of amides is 1. The van der Waals surface area contributed by atoms with E-state index in [1.54, 1.807) is 7.11 Å². The molecule has 82 valence electrons. The molecule has 0 heterocycles. The Morgan fingerprint density at radius 1 is 1.50 bits per heavy atom. The van der Waals surface area contributed by atoms with Crippen molar-refractivity contribution < 1.29 is 9.53 Å². The minimum atomic E-state index is 0.0511. The third-order valence-electron chi connectivity index (χ3n) is 2.76. The van der Waals surface area contributed by atoms with Crippen LogP contribution in [0.1, 0.15) is 26.2 Å². The van der Waals surface area contributed by atoms with Gasteiger partial charge >= 0.3 is 0 Å². The first-order chi connectivity index (χ1) is 6.66. The predicted octanol–water partition coefficient (Wildman–Crippen LogP) is 0.281. The van der Waals surface area contributed by atoms with Gasteiger partial charge in [-0.1, -0.05) is 0 Å². The van der Waals surface area contributed by atoms with Gasteiger partial charge < -0.3 is 15.4 Å². The van der Waals surface area contributed by atoms with Crippen molar-refractivity contribution in [2.24, 2.45) is 0 Å². The van der Waals surface area contributed by atoms with E-state index in [0.29, 0.717) is 19.7 Å². The number of rotatable bonds is 6. The normalized spacial score (nSPS) is 18.7. The van der Waals surface area contributed by atoms with Crippen LogP contribution in [-0.4, -0.2) is 38.3 Å². The molecule has 1 aliphatic carbocycles. The standard InChI is InChI=1S/C10H20N2O2/c1-10(4-3-5-10)12-8-9(13)11-6-7-14-2/h12H,3-8H2,1-2H3,(H,11,13). The summed E-state index contributed by atoms with van der Waals surface area (Å²) in [6, 6.07) is 0. The summed E-state index contributed by atoms with van der Waals surface area (Å²) in [5, 5.41) is 6.05. The molecule has 0 aliphatic heterocycles. The van der Waals surface area contributed by atoms with Crippen LogP contribution in [0, 0.1) is 0 Å². The smallest absolute Gasteiger partial charge is 0.234 e. The number of nitrogens with one attached hydrogen (secondary N) is 2. The predicted molar refractivity (Wildman–Crippen MR) is 55.1 cm³/mol. The Morgan fingerprint density at radius 3 is 2.71 bits per heavy atom. The highest BCUT2D eigenvalue weighted by Gasteiger charge is 2.31. The quantitative estimate of drug-likeness (QED) is 0.606. The lowest BCUT2D eigenvalue weighted by Crippen LogP contribution is -2.51. The van der Waals surface area contributed by atoms with E-state index in [1.165, 1.54) is 19.3 Å². The number of methoxy groups -OCH3 is 1. The molecule has 0 aromatic carbocycles. The Morgan fingerprint density at radius 2 is 2.21 bits per heavy atom. The minimum absolute atomic E-state index is 0.0511. The van der Waals surface area contributed by atoms with Crippen LogP contribution in [0.3, 0.4) is 0 Å². The molecule has 0 unspecified atom stereocenters. The monoisotopic (exact) mass is 200 g/mol. The molecule has 1 amide bonds. The first-order valence-corrected chi connectivity index (χ1v) is 5.17. The second kappa shape index (κ2) is 5.32. The zero-order chi connectivity index (χ0) is 10.4. The molecule has 0 aromatic heterocycles. The molecule has 14 heavy (non-hydrogen) atoms. The van der Waals surface area contributed by atoms with Crippen LogP contribution < -0.4 is 10.6 Å². The van der Waals surface area contributed by atoms with Crippen LogP contribution >= 0.6 is 0 Å². The van der Waals surface area contributed by atoms with Crippen molar-refractivity contribution in [1.82, 2.24) is 10.6 Å². The number of carbonyl (C=O) groups excluding carboxylic acids is 1. The van der Waals surface area contributed by atoms with E-state index in [0.717, 1.165) is 0 Å². The van der Waals surface area contributed by atoms with Crippen LogP contribution in [0.2, 0.25) is 0 Å². The van der Waals surface area contributed by atoms with Crippen LogP contribution in [0.5, 0.6) is 0 Å². The Bertz CT molecular complexity index is 191. The highest BCUT2D eigenvalue weighted by molar-refractivity contribution is 5.78. The highest BCUT2D eigenvalue weighted by atomic mass is 16.5. The van der Waals surface area contributed by atoms with Gasteiger partial charge in [0.1, 0.15) is 0 Å². The molecule has 0 saturated heterocycles. The maximum Gasteiger partial charge on any atom is 0.234 e. The summed E-state index contributed by atoms with van der Waals surface area (Å²) in [5.74, 6) is 0.0511. The minimum Gasteiger partial charge on any atom is -0.383 e. The average Bonchev–Trinajstić information content (AvgIpc) is 2.12. The molecule has 0 spiro atoms. The van der Waals surface area contributed by atoms with Gasteiger partial charge in [0.15, 0.2) is 0 Å². The van der Waals surface area contributed by atoms with Crippen molar-refractivity contribution in [3.8, 4) is 0 Å². The number of carbonyl (C=O) groups is 1. The lowest BCUT2D eigenvalue weighted by atomic mass is 9.78. The zero-order valence-electron chi connectivity index (χ0n) is 9.06. The lowest BCUT2D eigenvalue weighted by Gasteiger charge is -2.39. The van der Waals surface area contributed by atoms with Gasteiger partial charge in [-0.15, -0.1) is 0 Å². The summed E-state index contributed by atoms with van der Waals surface area (Å²) in [4.78, 5) is 11.3. The van der Waals surface area contributed by atoms with Crippen LogP contribution in [0.4, 0.5) is 0 Å². The van der Waals surface area contributed by atoms with Crippen molar-refractivity contribution in [2.45, 2.75) is 31.7 Å². The summed E-state index contributed by atoms with van der Waals surface area (Å²) in [6.45, 7) is 3.75. The number of hydrogen-bond acceptors (Lipinski definition) is 3. The lowest BCUT2D eigenvalue weighted by molar-refractivity contribution is -0.121. The summed E-state index contributed by atoms with van der Waals surface area (Å²) >= 11 is 0. The first-order valence-electron chi connectivity index (χ1n) is 5.17. The maximum atomic E-state index is 11.3. The highest BCUT2D eigenvalue weighted by Crippen LogP contribution is 2.30. The van der Waals surface area contributed by atoms with E-state index < -0.39 is 0 Å². The molecule has 0 radical (unpaired) electrons. The summed E-state index contributed by atoms with van der Waals surface area (Å²) < 4.78 is 4.83. The largest absolute Gasteiger partial charge is 0.383 e. The van der Waals surface area contributed by atoms with Crippen molar-refractivity contribution in [2.75, 3.05) is 26.8 Å². The zero-order valence-corrected chi connectivity index (χ0v) is 9.06. The van der Waals surface area contributed by atoms with Crippen molar-refractivity contribution in [1.29, 1.82) is 0 Å². The Hall–Kier alpha value is -0.610. The third kappa shape index (κ3) is 3.64. The van der Waals surface area contributed by atoms with E-state index in [-0.39, 0.29) is 11.4 Å². The summed E-state index contributed by atoms with van der Waals surface area (Å²) in [6.07, 6.45) is 3.63. The van der Waals surface area contributed by atoms with Gasteiger partial charge in [0.05, 0.1) is 13.2 Å². The Labute approximate surface area is 85.4 Å². The molecular weight excluding hydrogens is 180 g/mol. The SMILES string of the molecule is COCCNC(=O)CNC1(C)CCC1. The van der Waals surface area contributed by atoms with Crippen LogP contribution in [0.15, 0.2) is 0 Å². The molecule has 1 aliphatic rings. The van der Waals surface area contributed by atoms with Gasteiger partial charge in [0.2, 0.25) is 5.91 Å². The molecular formula is C10H20N2O2. The topological polar surface area (TPSA) is 50.4 Å². The van der Waals surface area contributed by atoms with Gasteiger partial charge in [0, 0.05) is 19.2 Å². The van der Waals surface area contributed by atoms with Crippen molar-refractivity contribution in [3.63, 3.8) is 0 Å². The Kier molecular flexibility index (Phi) is 4.35. The molecule has 0 atom stereocenters. The van der Waals surface area contributed by atoms with Gasteiger partial charge in [-0.2, -0.15) is 0 Å². The average molecular weight is 200 g/mol. The number of hydrogen-bond donors (Lipinski definition) is 2. The number of ether oxygens (including phenoxy) is 1. The molecule has 1 rings (SSSR count). The van der Waals surface area contributed by atoms with E-state index in [9.17, 15) is 4.79 Å². The van der Waals surface area contributed by atoms with Gasteiger partial charge in [-0.25, -0.2) is 0 Å². The van der Waals surface area contributed by atoms with Gasteiger partial charge in [0.25, 0.3) is 0 Å². The third-order valence-corrected chi connectivity index (χ3v) is 2.76. The molecule has 4 heteroatoms. The fraction of sp³-hybridized carbons (Fsp3) is 0.900. The molecule has 1 saturated carbocycles. The Balaban J connectivity index is 2.03. The van der Waals surface area contributed by atoms with Gasteiger partial charge in [-0.3, -0.25) is 4.79 Å². The van der Waals surface area contributed by atoms with Crippen molar-refractivity contribution in [3.05, 3.63) is 0 Å². The molecule has 2 N–H and O–H groups in total. The van der Waals surface area contributed by atoms with Crippen LogP contribution in [-0.2, 0) is 9.53 Å². The first kappa shape index (κ1) is 11.5. The van der Waals surface area contributed by atoms with E-state index in [4.69, 9.17) is 4.74 Å². The fourth-order valence-corrected chi connectivity index (χ4v) is 1.53. The van der Waals surface area contributed by atoms with E-state index >= 15 is 0 Å². The fourth-order valence-electron chi connectivity index (χ4n) is 1.53. The van der Waals surface area contributed by atoms with E-state index in [2.05, 4.69) is 17.6 Å². The van der Waals surface area contributed by atoms with Gasteiger partial charge in [-0.05, 0) is 26.2 Å². The second-order valence-electron chi connectivity index (χ2n) is 4.11. The maximum absolute atomic E-state index is 11.3. The molecule has 0 aromatic rings.